The molecule has 3 aromatic carbocycles. The SMILES string of the molecule is Cc1cccc(COc2cccc(C(=O)NC(C)c3cccc(O)c3)c2)c1. The van der Waals surface area contributed by atoms with E-state index >= 15 is 0 Å². The highest BCUT2D eigenvalue weighted by Crippen LogP contribution is 2.20. The predicted molar refractivity (Wildman–Crippen MR) is 106 cm³/mol. The van der Waals surface area contributed by atoms with Gasteiger partial charge in [0.2, 0.25) is 0 Å². The number of ether oxygens (including phenoxy) is 1. The van der Waals surface area contributed by atoms with E-state index in [1.165, 1.54) is 5.56 Å². The number of carbonyl (C=O) groups is 1. The van der Waals surface area contributed by atoms with E-state index in [9.17, 15) is 9.90 Å². The second-order valence-electron chi connectivity index (χ2n) is 6.60. The number of carbonyl (C=O) groups excluding carboxylic acids is 1. The van der Waals surface area contributed by atoms with E-state index in [0.717, 1.165) is 11.1 Å². The zero-order valence-corrected chi connectivity index (χ0v) is 15.5. The maximum atomic E-state index is 12.6. The molecule has 1 atom stereocenters. The van der Waals surface area contributed by atoms with E-state index in [1.807, 2.05) is 44.2 Å². The minimum atomic E-state index is -0.221. The Balaban J connectivity index is 1.64. The Morgan fingerprint density at radius 2 is 1.81 bits per heavy atom. The van der Waals surface area contributed by atoms with Crippen LogP contribution >= 0.6 is 0 Å². The number of amides is 1. The molecule has 0 aliphatic heterocycles. The molecule has 4 heteroatoms. The molecule has 0 spiro atoms. The van der Waals surface area contributed by atoms with E-state index in [4.69, 9.17) is 4.74 Å². The summed E-state index contributed by atoms with van der Waals surface area (Å²) in [6, 6.07) is 21.9. The Hall–Kier alpha value is -3.27. The Bertz CT molecular complexity index is 936. The molecule has 2 N–H and O–H groups in total. The zero-order valence-electron chi connectivity index (χ0n) is 15.5. The molecule has 0 saturated carbocycles. The molecule has 0 heterocycles. The average Bonchev–Trinajstić information content (AvgIpc) is 2.66. The third kappa shape index (κ3) is 5.11. The fraction of sp³-hybridized carbons (Fsp3) is 0.174. The van der Waals surface area contributed by atoms with Crippen LogP contribution in [0.3, 0.4) is 0 Å². The molecule has 0 aliphatic carbocycles. The lowest BCUT2D eigenvalue weighted by Crippen LogP contribution is -2.26. The Morgan fingerprint density at radius 1 is 1.04 bits per heavy atom. The third-order valence-corrected chi connectivity index (χ3v) is 4.30. The van der Waals surface area contributed by atoms with Crippen LogP contribution in [0.4, 0.5) is 0 Å². The van der Waals surface area contributed by atoms with Crippen molar-refractivity contribution in [1.82, 2.24) is 5.32 Å². The van der Waals surface area contributed by atoms with Gasteiger partial charge in [-0.3, -0.25) is 4.79 Å². The Labute approximate surface area is 159 Å². The molecule has 0 aliphatic rings. The minimum absolute atomic E-state index is 0.181. The van der Waals surface area contributed by atoms with Gasteiger partial charge >= 0.3 is 0 Å². The highest BCUT2D eigenvalue weighted by atomic mass is 16.5. The number of nitrogens with one attached hydrogen (secondary N) is 1. The summed E-state index contributed by atoms with van der Waals surface area (Å²) in [5.74, 6) is 0.640. The number of hydrogen-bond acceptors (Lipinski definition) is 3. The quantitative estimate of drug-likeness (QED) is 0.665. The maximum absolute atomic E-state index is 12.6. The molecule has 3 aromatic rings. The highest BCUT2D eigenvalue weighted by molar-refractivity contribution is 5.94. The second-order valence-corrected chi connectivity index (χ2v) is 6.60. The van der Waals surface area contributed by atoms with Crippen LogP contribution in [0.15, 0.2) is 72.8 Å². The first-order valence-electron chi connectivity index (χ1n) is 8.89. The van der Waals surface area contributed by atoms with Crippen LogP contribution in [0.1, 0.15) is 40.0 Å². The van der Waals surface area contributed by atoms with Crippen LogP contribution in [0.5, 0.6) is 11.5 Å². The summed E-state index contributed by atoms with van der Waals surface area (Å²) in [6.07, 6.45) is 0. The molecule has 0 aromatic heterocycles. The second kappa shape index (κ2) is 8.41. The van der Waals surface area contributed by atoms with Crippen LogP contribution in [0.25, 0.3) is 0 Å². The van der Waals surface area contributed by atoms with Gasteiger partial charge in [-0.05, 0) is 55.3 Å². The predicted octanol–water partition coefficient (Wildman–Crippen LogP) is 4.77. The summed E-state index contributed by atoms with van der Waals surface area (Å²) in [5, 5.41) is 12.5. The van der Waals surface area contributed by atoms with E-state index in [-0.39, 0.29) is 17.7 Å². The number of phenolic OH excluding ortho intramolecular Hbond substituents is 1. The van der Waals surface area contributed by atoms with Crippen molar-refractivity contribution >= 4 is 5.91 Å². The van der Waals surface area contributed by atoms with Crippen molar-refractivity contribution in [3.8, 4) is 11.5 Å². The summed E-state index contributed by atoms with van der Waals surface area (Å²) >= 11 is 0. The van der Waals surface area contributed by atoms with Crippen molar-refractivity contribution < 1.29 is 14.6 Å². The van der Waals surface area contributed by atoms with E-state index in [2.05, 4.69) is 11.4 Å². The number of hydrogen-bond donors (Lipinski definition) is 2. The largest absolute Gasteiger partial charge is 0.508 e. The molecule has 27 heavy (non-hydrogen) atoms. The lowest BCUT2D eigenvalue weighted by atomic mass is 10.1. The van der Waals surface area contributed by atoms with Crippen molar-refractivity contribution in [2.45, 2.75) is 26.5 Å². The summed E-state index contributed by atoms with van der Waals surface area (Å²) in [6.45, 7) is 4.37. The number of rotatable bonds is 6. The van der Waals surface area contributed by atoms with Crippen LogP contribution in [-0.2, 0) is 6.61 Å². The van der Waals surface area contributed by atoms with E-state index in [1.54, 1.807) is 36.4 Å². The fourth-order valence-corrected chi connectivity index (χ4v) is 2.85. The first kappa shape index (κ1) is 18.5. The molecule has 0 radical (unpaired) electrons. The van der Waals surface area contributed by atoms with Crippen LogP contribution in [0.2, 0.25) is 0 Å². The lowest BCUT2D eigenvalue weighted by Gasteiger charge is -2.15. The number of aryl methyl sites for hydroxylation is 1. The van der Waals surface area contributed by atoms with Crippen LogP contribution in [-0.4, -0.2) is 11.0 Å². The van der Waals surface area contributed by atoms with Gasteiger partial charge in [0.25, 0.3) is 5.91 Å². The average molecular weight is 361 g/mol. The zero-order chi connectivity index (χ0) is 19.2. The molecule has 3 rings (SSSR count). The smallest absolute Gasteiger partial charge is 0.251 e. The number of aromatic hydroxyl groups is 1. The van der Waals surface area contributed by atoms with Gasteiger partial charge in [0.1, 0.15) is 18.1 Å². The lowest BCUT2D eigenvalue weighted by molar-refractivity contribution is 0.0939. The Morgan fingerprint density at radius 3 is 2.59 bits per heavy atom. The van der Waals surface area contributed by atoms with Crippen molar-refractivity contribution in [3.63, 3.8) is 0 Å². The third-order valence-electron chi connectivity index (χ3n) is 4.30. The molecular formula is C23H23NO3. The van der Waals surface area contributed by atoms with Gasteiger partial charge in [-0.2, -0.15) is 0 Å². The maximum Gasteiger partial charge on any atom is 0.251 e. The molecule has 0 bridgehead atoms. The minimum Gasteiger partial charge on any atom is -0.508 e. The van der Waals surface area contributed by atoms with Crippen molar-refractivity contribution in [1.29, 1.82) is 0 Å². The number of phenols is 1. The van der Waals surface area contributed by atoms with Gasteiger partial charge in [0.05, 0.1) is 6.04 Å². The van der Waals surface area contributed by atoms with Gasteiger partial charge in [-0.1, -0.05) is 48.0 Å². The van der Waals surface area contributed by atoms with Gasteiger partial charge in [0.15, 0.2) is 0 Å². The molecule has 4 nitrogen and oxygen atoms in total. The molecule has 138 valence electrons. The van der Waals surface area contributed by atoms with Crippen molar-refractivity contribution in [2.75, 3.05) is 0 Å². The van der Waals surface area contributed by atoms with Crippen LogP contribution < -0.4 is 10.1 Å². The van der Waals surface area contributed by atoms with Crippen molar-refractivity contribution in [3.05, 3.63) is 95.1 Å². The number of benzene rings is 3. The van der Waals surface area contributed by atoms with Gasteiger partial charge in [-0.15, -0.1) is 0 Å². The van der Waals surface area contributed by atoms with E-state index in [0.29, 0.717) is 17.9 Å². The van der Waals surface area contributed by atoms with Gasteiger partial charge in [0, 0.05) is 5.56 Å². The van der Waals surface area contributed by atoms with Crippen molar-refractivity contribution in [2.24, 2.45) is 0 Å². The topological polar surface area (TPSA) is 58.6 Å². The van der Waals surface area contributed by atoms with E-state index < -0.39 is 0 Å². The molecule has 0 saturated heterocycles. The summed E-state index contributed by atoms with van der Waals surface area (Å²) < 4.78 is 5.83. The molecule has 0 fully saturated rings. The molecular weight excluding hydrogens is 338 g/mol. The first-order chi connectivity index (χ1) is 13.0. The monoisotopic (exact) mass is 361 g/mol. The summed E-state index contributed by atoms with van der Waals surface area (Å²) in [5.41, 5.74) is 3.64. The summed E-state index contributed by atoms with van der Waals surface area (Å²) in [4.78, 5) is 12.6. The standard InChI is InChI=1S/C23H23NO3/c1-16-6-3-7-18(12-16)15-27-22-11-5-9-20(14-22)23(26)24-17(2)19-8-4-10-21(25)13-19/h3-14,17,25H,15H2,1-2H3,(H,24,26). The van der Waals surface area contributed by atoms with Gasteiger partial charge < -0.3 is 15.2 Å². The normalized spacial score (nSPS) is 11.6. The van der Waals surface area contributed by atoms with Gasteiger partial charge in [-0.25, -0.2) is 0 Å². The fourth-order valence-electron chi connectivity index (χ4n) is 2.85. The van der Waals surface area contributed by atoms with Crippen LogP contribution in [0, 0.1) is 6.92 Å². The first-order valence-corrected chi connectivity index (χ1v) is 8.89. The molecule has 1 amide bonds. The molecule has 1 unspecified atom stereocenters. The highest BCUT2D eigenvalue weighted by Gasteiger charge is 2.12. The Kier molecular flexibility index (Phi) is 5.77. The summed E-state index contributed by atoms with van der Waals surface area (Å²) in [7, 11) is 0.